The molecule has 10 heteroatoms. The molecule has 9 nitrogen and oxygen atoms in total. The van der Waals surface area contributed by atoms with E-state index in [-0.39, 0.29) is 5.82 Å². The number of rotatable bonds is 8. The lowest BCUT2D eigenvalue weighted by Gasteiger charge is -2.13. The number of aromatic amines is 1. The molecule has 0 unspecified atom stereocenters. The van der Waals surface area contributed by atoms with Crippen LogP contribution in [-0.4, -0.2) is 34.9 Å². The quantitative estimate of drug-likeness (QED) is 0.325. The van der Waals surface area contributed by atoms with Gasteiger partial charge in [-0.15, -0.1) is 0 Å². The van der Waals surface area contributed by atoms with Crippen LogP contribution in [0.5, 0.6) is 0 Å². The maximum atomic E-state index is 13.6. The van der Waals surface area contributed by atoms with E-state index in [1.165, 1.54) is 18.5 Å². The summed E-state index contributed by atoms with van der Waals surface area (Å²) in [4.78, 5) is 13.2. The first kappa shape index (κ1) is 21.3. The van der Waals surface area contributed by atoms with Gasteiger partial charge in [0.1, 0.15) is 24.3 Å². The fourth-order valence-electron chi connectivity index (χ4n) is 3.74. The van der Waals surface area contributed by atoms with Crippen molar-refractivity contribution >= 4 is 17.5 Å². The summed E-state index contributed by atoms with van der Waals surface area (Å²) in [6, 6.07) is 14.5. The third kappa shape index (κ3) is 4.90. The zero-order valence-corrected chi connectivity index (χ0v) is 18.2. The monoisotopic (exact) mass is 455 g/mol. The number of hydrogen-bond acceptors (Lipinski definition) is 7. The number of benzene rings is 2. The van der Waals surface area contributed by atoms with E-state index >= 15 is 0 Å². The van der Waals surface area contributed by atoms with Crippen molar-refractivity contribution in [3.8, 4) is 11.1 Å². The average molecular weight is 456 g/mol. The van der Waals surface area contributed by atoms with Crippen molar-refractivity contribution in [2.45, 2.75) is 19.4 Å². The van der Waals surface area contributed by atoms with Crippen molar-refractivity contribution in [1.29, 1.82) is 0 Å². The number of hydrogen-bond donors (Lipinski definition) is 3. The third-order valence-electron chi connectivity index (χ3n) is 5.36. The maximum Gasteiger partial charge on any atom is 0.229 e. The van der Waals surface area contributed by atoms with E-state index in [9.17, 15) is 4.39 Å². The fraction of sp³-hybridized carbons (Fsp3) is 0.125. The highest BCUT2D eigenvalue weighted by atomic mass is 19.1. The molecule has 5 aromatic rings. The maximum absolute atomic E-state index is 13.6. The van der Waals surface area contributed by atoms with Crippen LogP contribution in [0.4, 0.5) is 21.8 Å². The number of anilines is 3. The van der Waals surface area contributed by atoms with Crippen LogP contribution >= 0.6 is 0 Å². The van der Waals surface area contributed by atoms with Crippen LogP contribution in [0.2, 0.25) is 0 Å². The highest BCUT2D eigenvalue weighted by molar-refractivity contribution is 5.76. The molecule has 170 valence electrons. The number of nitrogens with zero attached hydrogens (tertiary/aromatic N) is 6. The molecular weight excluding hydrogens is 433 g/mol. The van der Waals surface area contributed by atoms with Crippen molar-refractivity contribution in [1.82, 2.24) is 34.9 Å². The van der Waals surface area contributed by atoms with Crippen LogP contribution in [0.25, 0.3) is 11.1 Å². The molecule has 0 fully saturated rings. The Balaban J connectivity index is 1.39. The van der Waals surface area contributed by atoms with Gasteiger partial charge in [-0.3, -0.25) is 5.10 Å². The summed E-state index contributed by atoms with van der Waals surface area (Å²) in [7, 11) is 0. The van der Waals surface area contributed by atoms with Gasteiger partial charge in [-0.25, -0.2) is 19.0 Å². The zero-order valence-electron chi connectivity index (χ0n) is 18.2. The van der Waals surface area contributed by atoms with Gasteiger partial charge >= 0.3 is 0 Å². The molecule has 0 aliphatic carbocycles. The number of nitrogens with two attached hydrogens (primary N) is 1. The van der Waals surface area contributed by atoms with Crippen LogP contribution in [0, 0.1) is 5.82 Å². The molecule has 0 aliphatic rings. The molecule has 0 bridgehead atoms. The van der Waals surface area contributed by atoms with Gasteiger partial charge in [0, 0.05) is 23.0 Å². The first-order chi connectivity index (χ1) is 16.6. The molecule has 0 amide bonds. The Bertz CT molecular complexity index is 1360. The van der Waals surface area contributed by atoms with Gasteiger partial charge in [-0.1, -0.05) is 24.3 Å². The molecule has 0 saturated heterocycles. The summed E-state index contributed by atoms with van der Waals surface area (Å²) in [5.74, 6) is 0.475. The lowest BCUT2D eigenvalue weighted by Crippen LogP contribution is -2.08. The molecule has 2 aromatic carbocycles. The van der Waals surface area contributed by atoms with Crippen molar-refractivity contribution < 1.29 is 4.39 Å². The van der Waals surface area contributed by atoms with E-state index in [1.54, 1.807) is 29.5 Å². The first-order valence-corrected chi connectivity index (χ1v) is 10.7. The Labute approximate surface area is 194 Å². The third-order valence-corrected chi connectivity index (χ3v) is 5.36. The van der Waals surface area contributed by atoms with E-state index in [1.807, 2.05) is 30.3 Å². The Hall–Kier alpha value is -4.60. The molecule has 0 saturated carbocycles. The minimum atomic E-state index is -0.260. The van der Waals surface area contributed by atoms with Gasteiger partial charge in [0.25, 0.3) is 0 Å². The summed E-state index contributed by atoms with van der Waals surface area (Å²) >= 11 is 0. The van der Waals surface area contributed by atoms with Crippen molar-refractivity contribution in [3.05, 3.63) is 96.2 Å². The second-order valence-electron chi connectivity index (χ2n) is 7.79. The highest BCUT2D eigenvalue weighted by Gasteiger charge is 2.16. The number of halogens is 1. The highest BCUT2D eigenvalue weighted by Crippen LogP contribution is 2.30. The fourth-order valence-corrected chi connectivity index (χ4v) is 3.74. The number of aromatic nitrogens is 7. The van der Waals surface area contributed by atoms with Crippen LogP contribution in [-0.2, 0) is 19.4 Å². The molecule has 0 aliphatic heterocycles. The predicted octanol–water partition coefficient (Wildman–Crippen LogP) is 3.76. The van der Waals surface area contributed by atoms with Crippen molar-refractivity contribution in [2.24, 2.45) is 0 Å². The van der Waals surface area contributed by atoms with Crippen molar-refractivity contribution in [3.63, 3.8) is 0 Å². The Morgan fingerprint density at radius 1 is 1.03 bits per heavy atom. The standard InChI is InChI=1S/C24H22FN9/c25-19-3-1-2-16(10-19)6-9-21-22(18-11-28-29-12-18)23(26)33-24(32-21)31-20-7-4-17(5-8-20)13-34-15-27-14-30-34/h1-5,7-8,10-12,14-15H,6,9,13H2,(H,28,29)(H3,26,31,32,33). The van der Waals surface area contributed by atoms with Gasteiger partial charge in [0.05, 0.1) is 18.4 Å². The zero-order chi connectivity index (χ0) is 23.3. The largest absolute Gasteiger partial charge is 0.383 e. The Kier molecular flexibility index (Phi) is 5.93. The van der Waals surface area contributed by atoms with Crippen LogP contribution in [0.1, 0.15) is 16.8 Å². The Morgan fingerprint density at radius 3 is 2.65 bits per heavy atom. The van der Waals surface area contributed by atoms with Gasteiger partial charge in [0.2, 0.25) is 5.95 Å². The lowest BCUT2D eigenvalue weighted by atomic mass is 10.0. The second-order valence-corrected chi connectivity index (χ2v) is 7.79. The molecule has 0 spiro atoms. The van der Waals surface area contributed by atoms with Gasteiger partial charge in [0.15, 0.2) is 0 Å². The molecule has 0 radical (unpaired) electrons. The number of nitrogen functional groups attached to an aromatic ring is 1. The van der Waals surface area contributed by atoms with E-state index in [2.05, 4.69) is 30.6 Å². The van der Waals surface area contributed by atoms with E-state index in [0.29, 0.717) is 31.2 Å². The Morgan fingerprint density at radius 2 is 1.91 bits per heavy atom. The second kappa shape index (κ2) is 9.49. The number of nitrogens with one attached hydrogen (secondary N) is 2. The van der Waals surface area contributed by atoms with Crippen LogP contribution in [0.15, 0.2) is 73.6 Å². The first-order valence-electron chi connectivity index (χ1n) is 10.7. The summed E-state index contributed by atoms with van der Waals surface area (Å²) < 4.78 is 15.4. The summed E-state index contributed by atoms with van der Waals surface area (Å²) in [5, 5.41) is 14.2. The molecule has 34 heavy (non-hydrogen) atoms. The number of H-pyrrole nitrogens is 1. The minimum absolute atomic E-state index is 0.260. The van der Waals surface area contributed by atoms with Gasteiger partial charge in [-0.2, -0.15) is 15.2 Å². The summed E-state index contributed by atoms with van der Waals surface area (Å²) in [6.45, 7) is 0.632. The lowest BCUT2D eigenvalue weighted by molar-refractivity contribution is 0.625. The minimum Gasteiger partial charge on any atom is -0.383 e. The molecular formula is C24H22FN9. The molecule has 3 heterocycles. The molecule has 4 N–H and O–H groups in total. The van der Waals surface area contributed by atoms with Crippen LogP contribution in [0.3, 0.4) is 0 Å². The molecule has 0 atom stereocenters. The van der Waals surface area contributed by atoms with E-state index in [4.69, 9.17) is 10.7 Å². The predicted molar refractivity (Wildman–Crippen MR) is 127 cm³/mol. The topological polar surface area (TPSA) is 123 Å². The SMILES string of the molecule is Nc1nc(Nc2ccc(Cn3cncn3)cc2)nc(CCc2cccc(F)c2)c1-c1cn[nH]c1. The number of aryl methyl sites for hydroxylation is 2. The van der Waals surface area contributed by atoms with Gasteiger partial charge in [-0.05, 0) is 48.2 Å². The summed E-state index contributed by atoms with van der Waals surface area (Å²) in [6.07, 6.45) is 7.79. The molecule has 5 rings (SSSR count). The van der Waals surface area contributed by atoms with E-state index < -0.39 is 0 Å². The average Bonchev–Trinajstić information content (AvgIpc) is 3.54. The van der Waals surface area contributed by atoms with Crippen molar-refractivity contribution in [2.75, 3.05) is 11.1 Å². The van der Waals surface area contributed by atoms with E-state index in [0.717, 1.165) is 33.6 Å². The van der Waals surface area contributed by atoms with Gasteiger partial charge < -0.3 is 11.1 Å². The molecule has 3 aromatic heterocycles. The smallest absolute Gasteiger partial charge is 0.229 e. The van der Waals surface area contributed by atoms with Crippen LogP contribution < -0.4 is 11.1 Å². The summed E-state index contributed by atoms with van der Waals surface area (Å²) in [5.41, 5.74) is 11.4. The normalized spacial score (nSPS) is 11.0.